The number of hydrogen-bond donors (Lipinski definition) is 1. The fourth-order valence-electron chi connectivity index (χ4n) is 2.84. The Kier molecular flexibility index (Phi) is 3.27. The van der Waals surface area contributed by atoms with Crippen molar-refractivity contribution < 1.29 is 8.81 Å². The van der Waals surface area contributed by atoms with Gasteiger partial charge in [0.05, 0.1) is 11.3 Å². The summed E-state index contributed by atoms with van der Waals surface area (Å²) in [7, 11) is 0. The summed E-state index contributed by atoms with van der Waals surface area (Å²) in [6.45, 7) is 3.77. The van der Waals surface area contributed by atoms with Gasteiger partial charge in [-0.2, -0.15) is 0 Å². The largest absolute Gasteiger partial charge is 0.436 e. The standard InChI is InChI=1S/C17H16FN3O/c18-13-5-2-1-4-12(13)17-20-16-14(6-3-7-15(16)22-17)21-10-8-19-9-11-21/h1-7,19H,8-11H2. The number of anilines is 1. The Morgan fingerprint density at radius 1 is 1.05 bits per heavy atom. The van der Waals surface area contributed by atoms with Crippen LogP contribution in [0.5, 0.6) is 0 Å². The van der Waals surface area contributed by atoms with Gasteiger partial charge in [-0.25, -0.2) is 9.37 Å². The van der Waals surface area contributed by atoms with Gasteiger partial charge in [-0.05, 0) is 24.3 Å². The van der Waals surface area contributed by atoms with Gasteiger partial charge in [0.25, 0.3) is 0 Å². The number of para-hydroxylation sites is 1. The number of benzene rings is 2. The fraction of sp³-hybridized carbons (Fsp3) is 0.235. The lowest BCUT2D eigenvalue weighted by atomic mass is 10.2. The molecule has 0 saturated carbocycles. The van der Waals surface area contributed by atoms with Crippen molar-refractivity contribution in [2.24, 2.45) is 0 Å². The molecule has 1 saturated heterocycles. The molecule has 2 aromatic carbocycles. The van der Waals surface area contributed by atoms with E-state index in [2.05, 4.69) is 15.2 Å². The van der Waals surface area contributed by atoms with Crippen molar-refractivity contribution in [2.45, 2.75) is 0 Å². The number of nitrogens with one attached hydrogen (secondary N) is 1. The molecule has 22 heavy (non-hydrogen) atoms. The summed E-state index contributed by atoms with van der Waals surface area (Å²) < 4.78 is 19.7. The molecule has 1 aliphatic rings. The first kappa shape index (κ1) is 13.3. The van der Waals surface area contributed by atoms with Crippen molar-refractivity contribution in [3.05, 3.63) is 48.3 Å². The monoisotopic (exact) mass is 297 g/mol. The van der Waals surface area contributed by atoms with Crippen molar-refractivity contribution in [3.63, 3.8) is 0 Å². The average Bonchev–Trinajstić information content (AvgIpc) is 3.00. The molecule has 0 amide bonds. The molecule has 2 heterocycles. The summed E-state index contributed by atoms with van der Waals surface area (Å²) in [4.78, 5) is 6.83. The highest BCUT2D eigenvalue weighted by molar-refractivity contribution is 5.89. The van der Waals surface area contributed by atoms with Crippen molar-refractivity contribution in [3.8, 4) is 11.5 Å². The van der Waals surface area contributed by atoms with E-state index in [9.17, 15) is 4.39 Å². The topological polar surface area (TPSA) is 41.3 Å². The average molecular weight is 297 g/mol. The lowest BCUT2D eigenvalue weighted by Gasteiger charge is -2.29. The zero-order valence-electron chi connectivity index (χ0n) is 12.1. The molecule has 4 rings (SSSR count). The highest BCUT2D eigenvalue weighted by Crippen LogP contribution is 2.31. The molecule has 1 aromatic heterocycles. The normalized spacial score (nSPS) is 15.4. The Labute approximate surface area is 127 Å². The molecule has 1 aliphatic heterocycles. The summed E-state index contributed by atoms with van der Waals surface area (Å²) in [5.74, 6) is 0.00784. The molecule has 0 bridgehead atoms. The van der Waals surface area contributed by atoms with Gasteiger partial charge in [-0.1, -0.05) is 18.2 Å². The molecule has 3 aromatic rings. The molecule has 0 atom stereocenters. The van der Waals surface area contributed by atoms with E-state index in [4.69, 9.17) is 4.42 Å². The smallest absolute Gasteiger partial charge is 0.230 e. The summed E-state index contributed by atoms with van der Waals surface area (Å²) >= 11 is 0. The highest BCUT2D eigenvalue weighted by Gasteiger charge is 2.18. The van der Waals surface area contributed by atoms with Gasteiger partial charge in [0.15, 0.2) is 5.58 Å². The van der Waals surface area contributed by atoms with Crippen LogP contribution < -0.4 is 10.2 Å². The molecule has 4 nitrogen and oxygen atoms in total. The van der Waals surface area contributed by atoms with Crippen LogP contribution in [0.25, 0.3) is 22.6 Å². The first-order valence-corrected chi connectivity index (χ1v) is 7.43. The van der Waals surface area contributed by atoms with Crippen LogP contribution in [-0.4, -0.2) is 31.2 Å². The minimum Gasteiger partial charge on any atom is -0.436 e. The van der Waals surface area contributed by atoms with Crippen molar-refractivity contribution in [2.75, 3.05) is 31.1 Å². The molecule has 1 fully saturated rings. The van der Waals surface area contributed by atoms with Crippen LogP contribution in [0.15, 0.2) is 46.9 Å². The first-order valence-electron chi connectivity index (χ1n) is 7.43. The van der Waals surface area contributed by atoms with Crippen LogP contribution in [0, 0.1) is 5.82 Å². The minimum atomic E-state index is -0.322. The van der Waals surface area contributed by atoms with Gasteiger partial charge in [-0.3, -0.25) is 0 Å². The van der Waals surface area contributed by atoms with E-state index < -0.39 is 0 Å². The summed E-state index contributed by atoms with van der Waals surface area (Å²) in [5, 5.41) is 3.34. The molecular weight excluding hydrogens is 281 g/mol. The summed E-state index contributed by atoms with van der Waals surface area (Å²) in [6.07, 6.45) is 0. The van der Waals surface area contributed by atoms with Crippen molar-refractivity contribution in [1.29, 1.82) is 0 Å². The summed E-state index contributed by atoms with van der Waals surface area (Å²) in [5.41, 5.74) is 2.92. The number of oxazole rings is 1. The van der Waals surface area contributed by atoms with Crippen molar-refractivity contribution >= 4 is 16.8 Å². The van der Waals surface area contributed by atoms with Gasteiger partial charge >= 0.3 is 0 Å². The second-order valence-electron chi connectivity index (χ2n) is 5.36. The quantitative estimate of drug-likeness (QED) is 0.789. The molecule has 1 N–H and O–H groups in total. The second-order valence-corrected chi connectivity index (χ2v) is 5.36. The van der Waals surface area contributed by atoms with Crippen LogP contribution in [0.2, 0.25) is 0 Å². The zero-order chi connectivity index (χ0) is 14.9. The third-order valence-electron chi connectivity index (χ3n) is 3.96. The lowest BCUT2D eigenvalue weighted by molar-refractivity contribution is 0.589. The highest BCUT2D eigenvalue weighted by atomic mass is 19.1. The van der Waals surface area contributed by atoms with Crippen LogP contribution in [0.3, 0.4) is 0 Å². The van der Waals surface area contributed by atoms with Gasteiger partial charge in [0.2, 0.25) is 5.89 Å². The molecular formula is C17H16FN3O. The first-order chi connectivity index (χ1) is 10.8. The predicted molar refractivity (Wildman–Crippen MR) is 84.5 cm³/mol. The number of piperazine rings is 1. The van der Waals surface area contributed by atoms with E-state index in [0.29, 0.717) is 17.0 Å². The maximum absolute atomic E-state index is 13.9. The van der Waals surface area contributed by atoms with Crippen LogP contribution in [0.4, 0.5) is 10.1 Å². The Morgan fingerprint density at radius 3 is 2.68 bits per heavy atom. The maximum Gasteiger partial charge on any atom is 0.230 e. The SMILES string of the molecule is Fc1ccccc1-c1nc2c(N3CCNCC3)cccc2o1. The Balaban J connectivity index is 1.82. The van der Waals surface area contributed by atoms with E-state index >= 15 is 0 Å². The number of hydrogen-bond acceptors (Lipinski definition) is 4. The van der Waals surface area contributed by atoms with Gasteiger partial charge in [-0.15, -0.1) is 0 Å². The molecule has 112 valence electrons. The van der Waals surface area contributed by atoms with E-state index in [0.717, 1.165) is 37.4 Å². The Morgan fingerprint density at radius 2 is 1.86 bits per heavy atom. The van der Waals surface area contributed by atoms with E-state index in [1.54, 1.807) is 18.2 Å². The van der Waals surface area contributed by atoms with E-state index in [1.807, 2.05) is 18.2 Å². The maximum atomic E-state index is 13.9. The molecule has 0 spiro atoms. The zero-order valence-corrected chi connectivity index (χ0v) is 12.1. The number of halogens is 1. The molecule has 0 radical (unpaired) electrons. The van der Waals surface area contributed by atoms with Crippen molar-refractivity contribution in [1.82, 2.24) is 10.3 Å². The molecule has 0 unspecified atom stereocenters. The van der Waals surface area contributed by atoms with Gasteiger partial charge < -0.3 is 14.6 Å². The molecule has 0 aliphatic carbocycles. The fourth-order valence-corrected chi connectivity index (χ4v) is 2.84. The lowest BCUT2D eigenvalue weighted by Crippen LogP contribution is -2.43. The molecule has 5 heteroatoms. The van der Waals surface area contributed by atoms with Crippen LogP contribution >= 0.6 is 0 Å². The summed E-state index contributed by atoms with van der Waals surface area (Å²) in [6, 6.07) is 12.4. The minimum absolute atomic E-state index is 0.322. The van der Waals surface area contributed by atoms with Gasteiger partial charge in [0, 0.05) is 26.2 Å². The number of rotatable bonds is 2. The Hall–Kier alpha value is -2.40. The van der Waals surface area contributed by atoms with Gasteiger partial charge in [0.1, 0.15) is 11.3 Å². The van der Waals surface area contributed by atoms with E-state index in [1.165, 1.54) is 6.07 Å². The van der Waals surface area contributed by atoms with Crippen LogP contribution in [0.1, 0.15) is 0 Å². The number of fused-ring (bicyclic) bond motifs is 1. The number of aromatic nitrogens is 1. The number of nitrogens with zero attached hydrogens (tertiary/aromatic N) is 2. The third-order valence-corrected chi connectivity index (χ3v) is 3.96. The van der Waals surface area contributed by atoms with E-state index in [-0.39, 0.29) is 5.82 Å². The third kappa shape index (κ3) is 2.23. The van der Waals surface area contributed by atoms with Crippen LogP contribution in [-0.2, 0) is 0 Å². The predicted octanol–water partition coefficient (Wildman–Crippen LogP) is 3.04. The second kappa shape index (κ2) is 5.42. The Bertz CT molecular complexity index is 809.